The summed E-state index contributed by atoms with van der Waals surface area (Å²) in [6.07, 6.45) is 3.99. The van der Waals surface area contributed by atoms with Crippen LogP contribution in [-0.4, -0.2) is 32.1 Å². The van der Waals surface area contributed by atoms with Gasteiger partial charge in [0.05, 0.1) is 7.11 Å². The molecule has 0 radical (unpaired) electrons. The Bertz CT molecular complexity index is 415. The van der Waals surface area contributed by atoms with Gasteiger partial charge in [0.15, 0.2) is 0 Å². The number of benzene rings is 1. The van der Waals surface area contributed by atoms with Crippen molar-refractivity contribution in [1.29, 1.82) is 0 Å². The first-order valence-electron chi connectivity index (χ1n) is 6.61. The van der Waals surface area contributed by atoms with E-state index < -0.39 is 0 Å². The number of fused-ring (bicyclic) bond motifs is 4. The highest BCUT2D eigenvalue weighted by Gasteiger charge is 2.30. The zero-order chi connectivity index (χ0) is 11.8. The number of hydrogen-bond acceptors (Lipinski definition) is 2. The Hall–Kier alpha value is -1.02. The summed E-state index contributed by atoms with van der Waals surface area (Å²) in [4.78, 5) is 2.49. The molecule has 1 aromatic carbocycles. The zero-order valence-electron chi connectivity index (χ0n) is 10.8. The topological polar surface area (TPSA) is 12.5 Å². The van der Waals surface area contributed by atoms with E-state index in [9.17, 15) is 0 Å². The third-order valence-electron chi connectivity index (χ3n) is 4.37. The van der Waals surface area contributed by atoms with Crippen molar-refractivity contribution in [3.8, 4) is 5.75 Å². The fourth-order valence-corrected chi connectivity index (χ4v) is 3.45. The van der Waals surface area contributed by atoms with Gasteiger partial charge in [-0.2, -0.15) is 0 Å². The Morgan fingerprint density at radius 3 is 3.06 bits per heavy atom. The molecule has 1 aliphatic carbocycles. The van der Waals surface area contributed by atoms with Crippen molar-refractivity contribution in [2.45, 2.75) is 25.2 Å². The Balaban J connectivity index is 1.98. The van der Waals surface area contributed by atoms with Gasteiger partial charge in [0.2, 0.25) is 0 Å². The van der Waals surface area contributed by atoms with Gasteiger partial charge in [0.25, 0.3) is 0 Å². The van der Waals surface area contributed by atoms with E-state index in [0.29, 0.717) is 5.92 Å². The summed E-state index contributed by atoms with van der Waals surface area (Å²) in [5, 5.41) is 0. The van der Waals surface area contributed by atoms with Crippen LogP contribution in [-0.2, 0) is 6.42 Å². The molecule has 0 unspecified atom stereocenters. The zero-order valence-corrected chi connectivity index (χ0v) is 10.8. The average Bonchev–Trinajstić information content (AvgIpc) is 2.49. The van der Waals surface area contributed by atoms with Gasteiger partial charge in [-0.05, 0) is 68.0 Å². The smallest absolute Gasteiger partial charge is 0.119 e. The Kier molecular flexibility index (Phi) is 2.83. The standard InChI is InChI=1S/C15H21NO/c1-16-6-5-11-7-12-3-4-14(17-2)9-15(12)13(8-11)10-16/h3-4,9,11,13H,5-8,10H2,1-2H3/t11-,13-/m0/s1. The Morgan fingerprint density at radius 1 is 1.35 bits per heavy atom. The second kappa shape index (κ2) is 4.34. The summed E-state index contributed by atoms with van der Waals surface area (Å²) in [5.74, 6) is 2.62. The van der Waals surface area contributed by atoms with E-state index in [4.69, 9.17) is 4.74 Å². The van der Waals surface area contributed by atoms with Crippen LogP contribution in [0.15, 0.2) is 18.2 Å². The lowest BCUT2D eigenvalue weighted by Gasteiger charge is -2.29. The van der Waals surface area contributed by atoms with Crippen LogP contribution < -0.4 is 4.74 Å². The van der Waals surface area contributed by atoms with E-state index in [1.165, 1.54) is 37.9 Å². The van der Waals surface area contributed by atoms with E-state index in [1.54, 1.807) is 12.7 Å². The van der Waals surface area contributed by atoms with Crippen LogP contribution in [0.25, 0.3) is 0 Å². The maximum absolute atomic E-state index is 5.36. The van der Waals surface area contributed by atoms with Gasteiger partial charge in [-0.3, -0.25) is 0 Å². The molecule has 0 spiro atoms. The van der Waals surface area contributed by atoms with Crippen molar-refractivity contribution >= 4 is 0 Å². The van der Waals surface area contributed by atoms with E-state index in [2.05, 4.69) is 30.1 Å². The number of methoxy groups -OCH3 is 1. The summed E-state index contributed by atoms with van der Waals surface area (Å²) in [7, 11) is 4.01. The molecular formula is C15H21NO. The van der Waals surface area contributed by atoms with Crippen LogP contribution in [0.2, 0.25) is 0 Å². The summed E-state index contributed by atoms with van der Waals surface area (Å²) >= 11 is 0. The van der Waals surface area contributed by atoms with E-state index in [-0.39, 0.29) is 0 Å². The molecule has 0 N–H and O–H groups in total. The summed E-state index contributed by atoms with van der Waals surface area (Å²) in [6.45, 7) is 2.46. The highest BCUT2D eigenvalue weighted by molar-refractivity contribution is 5.40. The first-order valence-corrected chi connectivity index (χ1v) is 6.61. The summed E-state index contributed by atoms with van der Waals surface area (Å²) in [6, 6.07) is 6.65. The van der Waals surface area contributed by atoms with Crippen molar-refractivity contribution in [3.05, 3.63) is 29.3 Å². The minimum Gasteiger partial charge on any atom is -0.497 e. The van der Waals surface area contributed by atoms with Crippen LogP contribution in [0.4, 0.5) is 0 Å². The van der Waals surface area contributed by atoms with E-state index in [1.807, 2.05) is 0 Å². The molecule has 2 atom stereocenters. The van der Waals surface area contributed by atoms with Crippen LogP contribution in [0.3, 0.4) is 0 Å². The molecule has 2 heteroatoms. The van der Waals surface area contributed by atoms with Gasteiger partial charge < -0.3 is 9.64 Å². The van der Waals surface area contributed by atoms with E-state index >= 15 is 0 Å². The van der Waals surface area contributed by atoms with Crippen molar-refractivity contribution in [3.63, 3.8) is 0 Å². The van der Waals surface area contributed by atoms with Crippen molar-refractivity contribution in [2.75, 3.05) is 27.2 Å². The van der Waals surface area contributed by atoms with Gasteiger partial charge in [0.1, 0.15) is 5.75 Å². The minimum absolute atomic E-state index is 0.714. The lowest BCUT2D eigenvalue weighted by Crippen LogP contribution is -2.24. The number of rotatable bonds is 1. The van der Waals surface area contributed by atoms with Crippen LogP contribution in [0, 0.1) is 5.92 Å². The van der Waals surface area contributed by atoms with Crippen LogP contribution in [0.5, 0.6) is 5.75 Å². The fourth-order valence-electron chi connectivity index (χ4n) is 3.45. The van der Waals surface area contributed by atoms with Crippen LogP contribution >= 0.6 is 0 Å². The first kappa shape index (κ1) is 11.1. The SMILES string of the molecule is COc1ccc2c(c1)[C@H]1C[C@@H](CCN(C)C1)C2. The number of nitrogens with zero attached hydrogens (tertiary/aromatic N) is 1. The van der Waals surface area contributed by atoms with Crippen molar-refractivity contribution in [2.24, 2.45) is 5.92 Å². The molecule has 1 heterocycles. The summed E-state index contributed by atoms with van der Waals surface area (Å²) in [5.41, 5.74) is 3.09. The Morgan fingerprint density at radius 2 is 2.24 bits per heavy atom. The molecular weight excluding hydrogens is 210 g/mol. The molecule has 2 bridgehead atoms. The average molecular weight is 231 g/mol. The predicted molar refractivity (Wildman–Crippen MR) is 69.7 cm³/mol. The maximum atomic E-state index is 5.36. The molecule has 1 aliphatic heterocycles. The fraction of sp³-hybridized carbons (Fsp3) is 0.600. The number of likely N-dealkylation sites (tertiary alicyclic amines) is 1. The largest absolute Gasteiger partial charge is 0.497 e. The third-order valence-corrected chi connectivity index (χ3v) is 4.37. The molecule has 2 nitrogen and oxygen atoms in total. The molecule has 0 amide bonds. The first-order chi connectivity index (χ1) is 8.26. The van der Waals surface area contributed by atoms with Crippen LogP contribution in [0.1, 0.15) is 29.9 Å². The van der Waals surface area contributed by atoms with Gasteiger partial charge in [0, 0.05) is 6.54 Å². The lowest BCUT2D eigenvalue weighted by atomic mass is 9.76. The molecule has 1 fully saturated rings. The summed E-state index contributed by atoms with van der Waals surface area (Å²) < 4.78 is 5.36. The second-order valence-electron chi connectivity index (χ2n) is 5.62. The predicted octanol–water partition coefficient (Wildman–Crippen LogP) is 2.68. The minimum atomic E-state index is 0.714. The normalized spacial score (nSPS) is 28.4. The highest BCUT2D eigenvalue weighted by atomic mass is 16.5. The second-order valence-corrected chi connectivity index (χ2v) is 5.62. The molecule has 2 aliphatic rings. The molecule has 1 aromatic rings. The monoisotopic (exact) mass is 231 g/mol. The number of hydrogen-bond donors (Lipinski definition) is 0. The Labute approximate surface area is 104 Å². The molecule has 0 aromatic heterocycles. The molecule has 17 heavy (non-hydrogen) atoms. The van der Waals surface area contributed by atoms with Gasteiger partial charge in [-0.15, -0.1) is 0 Å². The van der Waals surface area contributed by atoms with Crippen molar-refractivity contribution in [1.82, 2.24) is 4.90 Å². The molecule has 92 valence electrons. The van der Waals surface area contributed by atoms with E-state index in [0.717, 1.165) is 11.7 Å². The van der Waals surface area contributed by atoms with Crippen molar-refractivity contribution < 1.29 is 4.74 Å². The maximum Gasteiger partial charge on any atom is 0.119 e. The molecule has 1 saturated heterocycles. The number of likely N-dealkylation sites (N-methyl/N-ethyl adjacent to an activating group) is 1. The molecule has 0 saturated carbocycles. The number of ether oxygens (including phenoxy) is 1. The quantitative estimate of drug-likeness (QED) is 0.737. The lowest BCUT2D eigenvalue weighted by molar-refractivity contribution is 0.332. The highest BCUT2D eigenvalue weighted by Crippen LogP contribution is 2.40. The third kappa shape index (κ3) is 2.06. The van der Waals surface area contributed by atoms with Gasteiger partial charge >= 0.3 is 0 Å². The molecule has 3 rings (SSSR count). The van der Waals surface area contributed by atoms with Gasteiger partial charge in [-0.25, -0.2) is 0 Å². The van der Waals surface area contributed by atoms with Gasteiger partial charge in [-0.1, -0.05) is 6.07 Å².